The second-order valence-corrected chi connectivity index (χ2v) is 4.58. The van der Waals surface area contributed by atoms with Gasteiger partial charge in [0, 0.05) is 0 Å². The molecule has 0 N–H and O–H groups in total. The van der Waals surface area contributed by atoms with E-state index >= 15 is 0 Å². The Morgan fingerprint density at radius 2 is 1.87 bits per heavy atom. The van der Waals surface area contributed by atoms with Crippen LogP contribution in [0.1, 0.15) is 31.2 Å². The molecule has 3 rings (SSSR count). The molecule has 1 fully saturated rings. The van der Waals surface area contributed by atoms with E-state index in [1.807, 2.05) is 0 Å². The van der Waals surface area contributed by atoms with Gasteiger partial charge in [0.2, 0.25) is 0 Å². The lowest BCUT2D eigenvalue weighted by atomic mass is 10.00. The van der Waals surface area contributed by atoms with Crippen molar-refractivity contribution in [2.24, 2.45) is 5.92 Å². The predicted molar refractivity (Wildman–Crippen MR) is 65.1 cm³/mol. The van der Waals surface area contributed by atoms with Crippen LogP contribution in [-0.4, -0.2) is 0 Å². The van der Waals surface area contributed by atoms with Crippen molar-refractivity contribution in [2.45, 2.75) is 25.7 Å². The minimum absolute atomic E-state index is 0.834. The van der Waals surface area contributed by atoms with Gasteiger partial charge in [-0.05, 0) is 34.6 Å². The summed E-state index contributed by atoms with van der Waals surface area (Å²) in [5.41, 5.74) is 1.57. The summed E-state index contributed by atoms with van der Waals surface area (Å²) >= 11 is 0. The second kappa shape index (κ2) is 3.37. The fourth-order valence-electron chi connectivity index (χ4n) is 2.65. The molecule has 1 saturated carbocycles. The normalized spacial score (nSPS) is 24.3. The van der Waals surface area contributed by atoms with E-state index in [4.69, 9.17) is 0 Å². The summed E-state index contributed by atoms with van der Waals surface area (Å²) in [4.78, 5) is 0. The van der Waals surface area contributed by atoms with Crippen molar-refractivity contribution in [2.75, 3.05) is 0 Å². The molecule has 0 bridgehead atoms. The Hall–Kier alpha value is -1.30. The summed E-state index contributed by atoms with van der Waals surface area (Å²) in [6.07, 6.45) is 2.72. The summed E-state index contributed by atoms with van der Waals surface area (Å²) in [5, 5.41) is 2.85. The van der Waals surface area contributed by atoms with Gasteiger partial charge in [0.1, 0.15) is 0 Å². The summed E-state index contributed by atoms with van der Waals surface area (Å²) in [7, 11) is 0. The molecule has 2 aromatic rings. The van der Waals surface area contributed by atoms with Crippen molar-refractivity contribution in [3.8, 4) is 0 Å². The Labute approximate surface area is 90.9 Å². The van der Waals surface area contributed by atoms with E-state index in [9.17, 15) is 0 Å². The quantitative estimate of drug-likeness (QED) is 0.669. The molecule has 15 heavy (non-hydrogen) atoms. The molecule has 2 unspecified atom stereocenters. The summed E-state index contributed by atoms with van der Waals surface area (Å²) < 4.78 is 0. The molecule has 0 aromatic heterocycles. The maximum atomic E-state index is 2.31. The van der Waals surface area contributed by atoms with Crippen LogP contribution in [-0.2, 0) is 0 Å². The molecule has 0 aliphatic heterocycles. The van der Waals surface area contributed by atoms with E-state index in [-0.39, 0.29) is 0 Å². The molecule has 76 valence electrons. The van der Waals surface area contributed by atoms with E-state index in [1.165, 1.54) is 23.6 Å². The minimum atomic E-state index is 0.834. The molecule has 1 aliphatic rings. The summed E-state index contributed by atoms with van der Waals surface area (Å²) in [5.74, 6) is 1.77. The number of hydrogen-bond acceptors (Lipinski definition) is 0. The average Bonchev–Trinajstić information content (AvgIpc) is 3.07. The van der Waals surface area contributed by atoms with Crippen molar-refractivity contribution < 1.29 is 0 Å². The van der Waals surface area contributed by atoms with Gasteiger partial charge in [-0.1, -0.05) is 55.8 Å². The van der Waals surface area contributed by atoms with Crippen molar-refractivity contribution in [1.82, 2.24) is 0 Å². The molecular weight excluding hydrogens is 180 g/mol. The molecule has 2 aromatic carbocycles. The lowest BCUT2D eigenvalue weighted by Gasteiger charge is -2.05. The molecule has 0 heterocycles. The first-order valence-corrected chi connectivity index (χ1v) is 5.88. The molecule has 0 radical (unpaired) electrons. The number of hydrogen-bond donors (Lipinski definition) is 0. The summed E-state index contributed by atoms with van der Waals surface area (Å²) in [6.45, 7) is 2.30. The zero-order valence-electron chi connectivity index (χ0n) is 9.11. The average molecular weight is 196 g/mol. The highest BCUT2D eigenvalue weighted by atomic mass is 14.4. The van der Waals surface area contributed by atoms with Gasteiger partial charge in [0.25, 0.3) is 0 Å². The summed E-state index contributed by atoms with van der Waals surface area (Å²) in [6, 6.07) is 15.5. The van der Waals surface area contributed by atoms with E-state index < -0.39 is 0 Å². The first-order valence-electron chi connectivity index (χ1n) is 5.88. The van der Waals surface area contributed by atoms with Crippen molar-refractivity contribution in [3.05, 3.63) is 48.0 Å². The molecular formula is C15H16. The molecule has 0 heteroatoms. The van der Waals surface area contributed by atoms with Crippen LogP contribution in [0.5, 0.6) is 0 Å². The fourth-order valence-corrected chi connectivity index (χ4v) is 2.65. The lowest BCUT2D eigenvalue weighted by Crippen LogP contribution is -1.85. The maximum Gasteiger partial charge on any atom is -0.0124 e. The SMILES string of the molecule is CCC1CC1c1cccc2ccccc12. The van der Waals surface area contributed by atoms with Gasteiger partial charge in [-0.15, -0.1) is 0 Å². The van der Waals surface area contributed by atoms with Gasteiger partial charge in [-0.2, -0.15) is 0 Å². The van der Waals surface area contributed by atoms with Crippen LogP contribution < -0.4 is 0 Å². The highest BCUT2D eigenvalue weighted by molar-refractivity contribution is 5.86. The van der Waals surface area contributed by atoms with Crippen LogP contribution in [0, 0.1) is 5.92 Å². The van der Waals surface area contributed by atoms with Crippen LogP contribution in [0.2, 0.25) is 0 Å². The zero-order chi connectivity index (χ0) is 10.3. The predicted octanol–water partition coefficient (Wildman–Crippen LogP) is 4.35. The minimum Gasteiger partial charge on any atom is -0.0651 e. The highest BCUT2D eigenvalue weighted by Gasteiger charge is 2.37. The number of benzene rings is 2. The zero-order valence-corrected chi connectivity index (χ0v) is 9.11. The smallest absolute Gasteiger partial charge is 0.0124 e. The molecule has 0 saturated heterocycles. The van der Waals surface area contributed by atoms with Crippen LogP contribution >= 0.6 is 0 Å². The van der Waals surface area contributed by atoms with Crippen molar-refractivity contribution in [3.63, 3.8) is 0 Å². The van der Waals surface area contributed by atoms with Crippen LogP contribution in [0.4, 0.5) is 0 Å². The molecule has 0 amide bonds. The third-order valence-corrected chi connectivity index (χ3v) is 3.67. The Morgan fingerprint density at radius 3 is 2.67 bits per heavy atom. The van der Waals surface area contributed by atoms with Crippen molar-refractivity contribution in [1.29, 1.82) is 0 Å². The molecule has 0 nitrogen and oxygen atoms in total. The van der Waals surface area contributed by atoms with Gasteiger partial charge in [0.05, 0.1) is 0 Å². The van der Waals surface area contributed by atoms with Gasteiger partial charge >= 0.3 is 0 Å². The number of fused-ring (bicyclic) bond motifs is 1. The maximum absolute atomic E-state index is 2.31. The Balaban J connectivity index is 2.11. The number of rotatable bonds is 2. The first kappa shape index (κ1) is 8.96. The third kappa shape index (κ3) is 1.45. The monoisotopic (exact) mass is 196 g/mol. The molecule has 2 atom stereocenters. The standard InChI is InChI=1S/C15H16/c1-2-11-10-15(11)14-9-5-7-12-6-3-4-8-13(12)14/h3-9,11,15H,2,10H2,1H3. The van der Waals surface area contributed by atoms with Crippen LogP contribution in [0.3, 0.4) is 0 Å². The van der Waals surface area contributed by atoms with Gasteiger partial charge in [-0.3, -0.25) is 0 Å². The molecule has 1 aliphatic carbocycles. The highest BCUT2D eigenvalue weighted by Crippen LogP contribution is 2.50. The topological polar surface area (TPSA) is 0 Å². The Kier molecular flexibility index (Phi) is 2.02. The van der Waals surface area contributed by atoms with E-state index in [0.29, 0.717) is 0 Å². The van der Waals surface area contributed by atoms with E-state index in [1.54, 1.807) is 5.56 Å². The van der Waals surface area contributed by atoms with E-state index in [0.717, 1.165) is 11.8 Å². The van der Waals surface area contributed by atoms with Gasteiger partial charge in [-0.25, -0.2) is 0 Å². The van der Waals surface area contributed by atoms with E-state index in [2.05, 4.69) is 49.4 Å². The third-order valence-electron chi connectivity index (χ3n) is 3.67. The van der Waals surface area contributed by atoms with Gasteiger partial charge in [0.15, 0.2) is 0 Å². The lowest BCUT2D eigenvalue weighted by molar-refractivity contribution is 0.768. The largest absolute Gasteiger partial charge is 0.0651 e. The molecule has 0 spiro atoms. The Bertz CT molecular complexity index is 479. The van der Waals surface area contributed by atoms with Gasteiger partial charge < -0.3 is 0 Å². The fraction of sp³-hybridized carbons (Fsp3) is 0.333. The Morgan fingerprint density at radius 1 is 1.07 bits per heavy atom. The van der Waals surface area contributed by atoms with Crippen molar-refractivity contribution >= 4 is 10.8 Å². The van der Waals surface area contributed by atoms with Crippen LogP contribution in [0.15, 0.2) is 42.5 Å². The second-order valence-electron chi connectivity index (χ2n) is 4.58. The first-order chi connectivity index (χ1) is 7.40. The van der Waals surface area contributed by atoms with Crippen LogP contribution in [0.25, 0.3) is 10.8 Å².